The Bertz CT molecular complexity index is 774. The van der Waals surface area contributed by atoms with E-state index in [1.807, 2.05) is 6.07 Å². The van der Waals surface area contributed by atoms with Crippen LogP contribution in [0.1, 0.15) is 42.1 Å². The molecule has 1 atom stereocenters. The maximum atomic E-state index is 12.2. The first-order valence-electron chi connectivity index (χ1n) is 9.90. The monoisotopic (exact) mass is 380 g/mol. The molecule has 2 aromatic carbocycles. The standard InChI is InChI=1S/C23H28N2O3/c1-18(26)20-10-12-22(13-11-20)28-17-23(27)24-15-21-9-5-6-14-25(21)16-19-7-3-2-4-8-19/h2-4,7-8,10-13,21H,5-6,9,14-17H2,1H3,(H,24,27). The number of amides is 1. The third-order valence-electron chi connectivity index (χ3n) is 5.14. The number of ketones is 1. The van der Waals surface area contributed by atoms with Crippen molar-refractivity contribution in [2.75, 3.05) is 19.7 Å². The summed E-state index contributed by atoms with van der Waals surface area (Å²) in [6.07, 6.45) is 3.50. The fourth-order valence-electron chi connectivity index (χ4n) is 3.53. The number of hydrogen-bond acceptors (Lipinski definition) is 4. The lowest BCUT2D eigenvalue weighted by Crippen LogP contribution is -2.46. The fourth-order valence-corrected chi connectivity index (χ4v) is 3.53. The van der Waals surface area contributed by atoms with Crippen LogP contribution in [-0.2, 0) is 11.3 Å². The van der Waals surface area contributed by atoms with Crippen molar-refractivity contribution in [3.8, 4) is 5.75 Å². The second-order valence-corrected chi connectivity index (χ2v) is 7.28. The molecule has 0 aromatic heterocycles. The third kappa shape index (κ3) is 5.92. The normalized spacial score (nSPS) is 17.1. The highest BCUT2D eigenvalue weighted by Gasteiger charge is 2.22. The second-order valence-electron chi connectivity index (χ2n) is 7.28. The first-order chi connectivity index (χ1) is 13.6. The Morgan fingerprint density at radius 1 is 1.07 bits per heavy atom. The molecule has 0 bridgehead atoms. The summed E-state index contributed by atoms with van der Waals surface area (Å²) >= 11 is 0. The average Bonchev–Trinajstić information content (AvgIpc) is 2.72. The number of likely N-dealkylation sites (tertiary alicyclic amines) is 1. The Morgan fingerprint density at radius 3 is 2.54 bits per heavy atom. The van der Waals surface area contributed by atoms with Gasteiger partial charge in [0.1, 0.15) is 5.75 Å². The maximum Gasteiger partial charge on any atom is 0.257 e. The van der Waals surface area contributed by atoms with Crippen molar-refractivity contribution in [2.45, 2.75) is 38.8 Å². The van der Waals surface area contributed by atoms with E-state index in [9.17, 15) is 9.59 Å². The van der Waals surface area contributed by atoms with E-state index in [0.717, 1.165) is 19.5 Å². The van der Waals surface area contributed by atoms with E-state index < -0.39 is 0 Å². The Hall–Kier alpha value is -2.66. The van der Waals surface area contributed by atoms with Gasteiger partial charge in [-0.25, -0.2) is 0 Å². The van der Waals surface area contributed by atoms with Gasteiger partial charge in [0.05, 0.1) is 0 Å². The van der Waals surface area contributed by atoms with Gasteiger partial charge in [-0.05, 0) is 56.1 Å². The Morgan fingerprint density at radius 2 is 1.82 bits per heavy atom. The van der Waals surface area contributed by atoms with E-state index in [2.05, 4.69) is 34.5 Å². The summed E-state index contributed by atoms with van der Waals surface area (Å²) in [7, 11) is 0. The zero-order valence-electron chi connectivity index (χ0n) is 16.4. The summed E-state index contributed by atoms with van der Waals surface area (Å²) in [6, 6.07) is 17.7. The number of Topliss-reactive ketones (excluding diaryl/α,β-unsaturated/α-hetero) is 1. The van der Waals surface area contributed by atoms with Crippen molar-refractivity contribution in [3.63, 3.8) is 0 Å². The van der Waals surface area contributed by atoms with E-state index in [0.29, 0.717) is 23.9 Å². The molecule has 148 valence electrons. The van der Waals surface area contributed by atoms with E-state index in [-0.39, 0.29) is 18.3 Å². The number of benzene rings is 2. The van der Waals surface area contributed by atoms with Crippen molar-refractivity contribution in [3.05, 3.63) is 65.7 Å². The number of hydrogen-bond donors (Lipinski definition) is 1. The summed E-state index contributed by atoms with van der Waals surface area (Å²) in [5, 5.41) is 3.01. The lowest BCUT2D eigenvalue weighted by atomic mass is 10.0. The van der Waals surface area contributed by atoms with Crippen LogP contribution in [-0.4, -0.2) is 42.3 Å². The molecule has 1 aliphatic heterocycles. The van der Waals surface area contributed by atoms with Gasteiger partial charge in [0.2, 0.25) is 0 Å². The van der Waals surface area contributed by atoms with Gasteiger partial charge < -0.3 is 10.1 Å². The summed E-state index contributed by atoms with van der Waals surface area (Å²) < 4.78 is 5.53. The molecule has 1 amide bonds. The van der Waals surface area contributed by atoms with Crippen LogP contribution in [0.2, 0.25) is 0 Å². The van der Waals surface area contributed by atoms with Crippen LogP contribution in [0, 0.1) is 0 Å². The predicted octanol–water partition coefficient (Wildman–Crippen LogP) is 3.44. The molecule has 1 aliphatic rings. The van der Waals surface area contributed by atoms with E-state index in [1.165, 1.54) is 25.3 Å². The number of ether oxygens (including phenoxy) is 1. The quantitative estimate of drug-likeness (QED) is 0.713. The summed E-state index contributed by atoms with van der Waals surface area (Å²) in [5.74, 6) is 0.473. The smallest absolute Gasteiger partial charge is 0.257 e. The van der Waals surface area contributed by atoms with Gasteiger partial charge >= 0.3 is 0 Å². The van der Waals surface area contributed by atoms with E-state index in [4.69, 9.17) is 4.74 Å². The minimum atomic E-state index is -0.124. The first-order valence-corrected chi connectivity index (χ1v) is 9.90. The van der Waals surface area contributed by atoms with Crippen LogP contribution in [0.25, 0.3) is 0 Å². The van der Waals surface area contributed by atoms with Crippen LogP contribution < -0.4 is 10.1 Å². The number of rotatable bonds is 8. The highest BCUT2D eigenvalue weighted by molar-refractivity contribution is 5.94. The molecule has 28 heavy (non-hydrogen) atoms. The first kappa shape index (κ1) is 20.1. The van der Waals surface area contributed by atoms with E-state index in [1.54, 1.807) is 24.3 Å². The summed E-state index contributed by atoms with van der Waals surface area (Å²) in [6.45, 7) is 4.12. The van der Waals surface area contributed by atoms with Gasteiger partial charge in [0, 0.05) is 24.7 Å². The Balaban J connectivity index is 1.45. The van der Waals surface area contributed by atoms with Gasteiger partial charge in [-0.1, -0.05) is 36.8 Å². The van der Waals surface area contributed by atoms with Crippen LogP contribution >= 0.6 is 0 Å². The van der Waals surface area contributed by atoms with Crippen LogP contribution in [0.3, 0.4) is 0 Å². The minimum Gasteiger partial charge on any atom is -0.484 e. The van der Waals surface area contributed by atoms with Crippen LogP contribution in [0.15, 0.2) is 54.6 Å². The van der Waals surface area contributed by atoms with E-state index >= 15 is 0 Å². The number of nitrogens with zero attached hydrogens (tertiary/aromatic N) is 1. The molecule has 1 heterocycles. The Kier molecular flexibility index (Phi) is 7.20. The maximum absolute atomic E-state index is 12.2. The largest absolute Gasteiger partial charge is 0.484 e. The SMILES string of the molecule is CC(=O)c1ccc(OCC(=O)NCC2CCCCN2Cc2ccccc2)cc1. The molecule has 2 aromatic rings. The molecule has 1 saturated heterocycles. The summed E-state index contributed by atoms with van der Waals surface area (Å²) in [5.41, 5.74) is 1.94. The topological polar surface area (TPSA) is 58.6 Å². The molecule has 0 saturated carbocycles. The Labute approximate surface area is 166 Å². The van der Waals surface area contributed by atoms with Crippen molar-refractivity contribution in [2.24, 2.45) is 0 Å². The van der Waals surface area contributed by atoms with Crippen molar-refractivity contribution >= 4 is 11.7 Å². The molecule has 5 nitrogen and oxygen atoms in total. The molecule has 1 fully saturated rings. The van der Waals surface area contributed by atoms with Gasteiger partial charge in [-0.2, -0.15) is 0 Å². The molecule has 0 spiro atoms. The third-order valence-corrected chi connectivity index (χ3v) is 5.14. The summed E-state index contributed by atoms with van der Waals surface area (Å²) in [4.78, 5) is 25.9. The molecule has 3 rings (SSSR count). The number of carbonyl (C=O) groups excluding carboxylic acids is 2. The molecule has 1 unspecified atom stereocenters. The zero-order chi connectivity index (χ0) is 19.8. The second kappa shape index (κ2) is 10.0. The van der Waals surface area contributed by atoms with Crippen molar-refractivity contribution < 1.29 is 14.3 Å². The molecular weight excluding hydrogens is 352 g/mol. The number of piperidine rings is 1. The van der Waals surface area contributed by atoms with Crippen LogP contribution in [0.5, 0.6) is 5.75 Å². The fraction of sp³-hybridized carbons (Fsp3) is 0.391. The number of carbonyl (C=O) groups is 2. The van der Waals surface area contributed by atoms with Crippen LogP contribution in [0.4, 0.5) is 0 Å². The lowest BCUT2D eigenvalue weighted by molar-refractivity contribution is -0.123. The molecule has 0 radical (unpaired) electrons. The number of nitrogens with one attached hydrogen (secondary N) is 1. The van der Waals surface area contributed by atoms with Gasteiger partial charge in [0.25, 0.3) is 5.91 Å². The highest BCUT2D eigenvalue weighted by atomic mass is 16.5. The van der Waals surface area contributed by atoms with Gasteiger partial charge in [0.15, 0.2) is 12.4 Å². The van der Waals surface area contributed by atoms with Crippen molar-refractivity contribution in [1.82, 2.24) is 10.2 Å². The molecule has 1 N–H and O–H groups in total. The average molecular weight is 380 g/mol. The highest BCUT2D eigenvalue weighted by Crippen LogP contribution is 2.19. The minimum absolute atomic E-state index is 0.0110. The molecule has 0 aliphatic carbocycles. The molecular formula is C23H28N2O3. The van der Waals surface area contributed by atoms with Crippen molar-refractivity contribution in [1.29, 1.82) is 0 Å². The zero-order valence-corrected chi connectivity index (χ0v) is 16.4. The van der Waals surface area contributed by atoms with Gasteiger partial charge in [-0.15, -0.1) is 0 Å². The van der Waals surface area contributed by atoms with Gasteiger partial charge in [-0.3, -0.25) is 14.5 Å². The lowest BCUT2D eigenvalue weighted by Gasteiger charge is -2.35. The molecule has 5 heteroatoms. The predicted molar refractivity (Wildman–Crippen MR) is 109 cm³/mol.